The van der Waals surface area contributed by atoms with Crippen LogP contribution >= 0.6 is 0 Å². The molecule has 0 heterocycles. The molecule has 0 radical (unpaired) electrons. The van der Waals surface area contributed by atoms with E-state index in [1.165, 1.54) is 64.2 Å². The van der Waals surface area contributed by atoms with E-state index in [4.69, 9.17) is 4.74 Å². The molecule has 0 spiro atoms. The highest BCUT2D eigenvalue weighted by atomic mass is 16.5. The van der Waals surface area contributed by atoms with Gasteiger partial charge in [0, 0.05) is 12.8 Å². The minimum Gasteiger partial charge on any atom is -0.462 e. The Morgan fingerprint density at radius 1 is 1.00 bits per heavy atom. The van der Waals surface area contributed by atoms with Crippen molar-refractivity contribution in [3.05, 3.63) is 11.6 Å². The molecule has 9 atom stereocenters. The van der Waals surface area contributed by atoms with E-state index in [1.54, 1.807) is 5.57 Å². The molecule has 38 heavy (non-hydrogen) atoms. The molecule has 3 nitrogen and oxygen atoms in total. The molecule has 218 valence electrons. The molecular formula is C35H60O3. The van der Waals surface area contributed by atoms with E-state index < -0.39 is 0 Å². The summed E-state index contributed by atoms with van der Waals surface area (Å²) in [6.45, 7) is 14.2. The minimum atomic E-state index is -0.153. The average Bonchev–Trinajstić information content (AvgIpc) is 3.24. The summed E-state index contributed by atoms with van der Waals surface area (Å²) in [5.41, 5.74) is 2.38. The lowest BCUT2D eigenvalue weighted by Crippen LogP contribution is -2.51. The molecule has 1 N–H and O–H groups in total. The van der Waals surface area contributed by atoms with E-state index in [9.17, 15) is 9.90 Å². The van der Waals surface area contributed by atoms with Crippen molar-refractivity contribution in [3.63, 3.8) is 0 Å². The van der Waals surface area contributed by atoms with Gasteiger partial charge in [-0.05, 0) is 111 Å². The lowest BCUT2D eigenvalue weighted by atomic mass is 9.47. The van der Waals surface area contributed by atoms with E-state index in [1.807, 2.05) is 0 Å². The van der Waals surface area contributed by atoms with E-state index in [-0.39, 0.29) is 18.2 Å². The Labute approximate surface area is 235 Å². The molecule has 4 aliphatic carbocycles. The highest BCUT2D eigenvalue weighted by molar-refractivity contribution is 5.69. The highest BCUT2D eigenvalue weighted by Crippen LogP contribution is 2.67. The van der Waals surface area contributed by atoms with Crippen LogP contribution < -0.4 is 0 Å². The Morgan fingerprint density at radius 2 is 1.76 bits per heavy atom. The van der Waals surface area contributed by atoms with Gasteiger partial charge in [0.2, 0.25) is 0 Å². The summed E-state index contributed by atoms with van der Waals surface area (Å²) in [4.78, 5) is 12.5. The number of fused-ring (bicyclic) bond motifs is 5. The molecule has 3 fully saturated rings. The fourth-order valence-corrected chi connectivity index (χ4v) is 9.79. The van der Waals surface area contributed by atoms with Crippen LogP contribution in [-0.4, -0.2) is 23.3 Å². The first-order valence-corrected chi connectivity index (χ1v) is 16.7. The first kappa shape index (κ1) is 30.1. The largest absolute Gasteiger partial charge is 0.462 e. The van der Waals surface area contributed by atoms with Crippen LogP contribution in [0.2, 0.25) is 0 Å². The predicted molar refractivity (Wildman–Crippen MR) is 158 cm³/mol. The Hall–Kier alpha value is -0.830. The van der Waals surface area contributed by atoms with Crippen molar-refractivity contribution in [1.82, 2.24) is 0 Å². The standard InChI is InChI=1S/C35H60O3/c1-7-8-9-10-11-12-33(37)38-27-19-21-34(5)26(23-27)14-15-28-30-17-16-29(35(30,6)22-20-31(28)34)25(4)13-18-32(36)24(2)3/h14,24-25,27-32,36H,7-13,15-23H2,1-6H3/t25-,27-,28+,29-,30+,31+,32?,34+,35-/m1/s1. The first-order valence-electron chi connectivity index (χ1n) is 16.7. The zero-order chi connectivity index (χ0) is 27.5. The predicted octanol–water partition coefficient (Wildman–Crippen LogP) is 9.27. The van der Waals surface area contributed by atoms with Crippen LogP contribution in [-0.2, 0) is 9.53 Å². The minimum absolute atomic E-state index is 0.0323. The number of ether oxygens (including phenoxy) is 1. The molecule has 0 bridgehead atoms. The molecule has 3 heteroatoms. The maximum Gasteiger partial charge on any atom is 0.306 e. The number of esters is 1. The second-order valence-electron chi connectivity index (χ2n) is 14.9. The smallest absolute Gasteiger partial charge is 0.306 e. The molecule has 4 rings (SSSR count). The third-order valence-electron chi connectivity index (χ3n) is 12.3. The second kappa shape index (κ2) is 12.8. The number of hydrogen-bond donors (Lipinski definition) is 1. The van der Waals surface area contributed by atoms with Gasteiger partial charge in [0.25, 0.3) is 0 Å². The number of rotatable bonds is 12. The van der Waals surface area contributed by atoms with Crippen LogP contribution in [0.3, 0.4) is 0 Å². The van der Waals surface area contributed by atoms with E-state index >= 15 is 0 Å². The van der Waals surface area contributed by atoms with Crippen LogP contribution in [0, 0.1) is 46.3 Å². The number of allylic oxidation sites excluding steroid dienone is 1. The zero-order valence-electron chi connectivity index (χ0n) is 25.8. The van der Waals surface area contributed by atoms with Gasteiger partial charge in [0.05, 0.1) is 6.10 Å². The Balaban J connectivity index is 1.34. The molecule has 3 saturated carbocycles. The van der Waals surface area contributed by atoms with Crippen molar-refractivity contribution in [2.75, 3.05) is 0 Å². The van der Waals surface area contributed by atoms with Gasteiger partial charge in [-0.2, -0.15) is 0 Å². The molecule has 0 aromatic carbocycles. The van der Waals surface area contributed by atoms with Crippen molar-refractivity contribution in [1.29, 1.82) is 0 Å². The maximum atomic E-state index is 12.5. The van der Waals surface area contributed by atoms with Gasteiger partial charge in [-0.3, -0.25) is 4.79 Å². The van der Waals surface area contributed by atoms with Gasteiger partial charge >= 0.3 is 5.97 Å². The zero-order valence-corrected chi connectivity index (χ0v) is 25.8. The quantitative estimate of drug-likeness (QED) is 0.156. The van der Waals surface area contributed by atoms with Crippen LogP contribution in [0.25, 0.3) is 0 Å². The Bertz CT molecular complexity index is 816. The molecule has 0 aromatic rings. The molecule has 1 unspecified atom stereocenters. The summed E-state index contributed by atoms with van der Waals surface area (Å²) < 4.78 is 6.01. The first-order chi connectivity index (χ1) is 18.1. The van der Waals surface area contributed by atoms with Gasteiger partial charge in [-0.15, -0.1) is 0 Å². The van der Waals surface area contributed by atoms with Gasteiger partial charge in [0.1, 0.15) is 6.10 Å². The number of carbonyl (C=O) groups is 1. The number of aliphatic hydroxyl groups excluding tert-OH is 1. The second-order valence-corrected chi connectivity index (χ2v) is 14.9. The van der Waals surface area contributed by atoms with Crippen molar-refractivity contribution in [2.45, 2.75) is 156 Å². The fraction of sp³-hybridized carbons (Fsp3) is 0.914. The van der Waals surface area contributed by atoms with Crippen molar-refractivity contribution in [2.24, 2.45) is 46.3 Å². The van der Waals surface area contributed by atoms with Gasteiger partial charge < -0.3 is 9.84 Å². The monoisotopic (exact) mass is 528 g/mol. The van der Waals surface area contributed by atoms with Crippen molar-refractivity contribution >= 4 is 5.97 Å². The maximum absolute atomic E-state index is 12.5. The molecule has 4 aliphatic rings. The molecule has 0 saturated heterocycles. The Morgan fingerprint density at radius 3 is 2.50 bits per heavy atom. The van der Waals surface area contributed by atoms with Gasteiger partial charge in [0.15, 0.2) is 0 Å². The lowest BCUT2D eigenvalue weighted by molar-refractivity contribution is -0.151. The van der Waals surface area contributed by atoms with Crippen LogP contribution in [0.4, 0.5) is 0 Å². The summed E-state index contributed by atoms with van der Waals surface area (Å²) in [6.07, 6.45) is 21.1. The molecule has 0 aliphatic heterocycles. The average molecular weight is 529 g/mol. The van der Waals surface area contributed by atoms with Gasteiger partial charge in [-0.25, -0.2) is 0 Å². The summed E-state index contributed by atoms with van der Waals surface area (Å²) in [6, 6.07) is 0. The van der Waals surface area contributed by atoms with E-state index in [0.29, 0.717) is 29.1 Å². The number of carbonyl (C=O) groups excluding carboxylic acids is 1. The number of aliphatic hydroxyl groups is 1. The summed E-state index contributed by atoms with van der Waals surface area (Å²) in [7, 11) is 0. The summed E-state index contributed by atoms with van der Waals surface area (Å²) >= 11 is 0. The van der Waals surface area contributed by atoms with E-state index in [0.717, 1.165) is 55.8 Å². The summed E-state index contributed by atoms with van der Waals surface area (Å²) in [5, 5.41) is 10.4. The molecule has 0 amide bonds. The molecule has 0 aromatic heterocycles. The third kappa shape index (κ3) is 6.23. The Kier molecular flexibility index (Phi) is 10.1. The normalized spacial score (nSPS) is 38.1. The van der Waals surface area contributed by atoms with Crippen LogP contribution in [0.1, 0.15) is 144 Å². The highest BCUT2D eigenvalue weighted by Gasteiger charge is 2.59. The van der Waals surface area contributed by atoms with Gasteiger partial charge in [-0.1, -0.05) is 78.9 Å². The van der Waals surface area contributed by atoms with Crippen LogP contribution in [0.15, 0.2) is 11.6 Å². The topological polar surface area (TPSA) is 46.5 Å². The van der Waals surface area contributed by atoms with E-state index in [2.05, 4.69) is 47.6 Å². The van der Waals surface area contributed by atoms with Crippen LogP contribution in [0.5, 0.6) is 0 Å². The van der Waals surface area contributed by atoms with Crippen molar-refractivity contribution in [3.8, 4) is 0 Å². The third-order valence-corrected chi connectivity index (χ3v) is 12.3. The molecular weight excluding hydrogens is 468 g/mol. The number of unbranched alkanes of at least 4 members (excludes halogenated alkanes) is 4. The fourth-order valence-electron chi connectivity index (χ4n) is 9.79. The summed E-state index contributed by atoms with van der Waals surface area (Å²) in [5.74, 6) is 4.38. The van der Waals surface area contributed by atoms with Crippen molar-refractivity contribution < 1.29 is 14.6 Å². The number of hydrogen-bond acceptors (Lipinski definition) is 3. The lowest BCUT2D eigenvalue weighted by Gasteiger charge is -2.58. The SMILES string of the molecule is CCCCCCCC(=O)O[C@@H]1CC[C@@]2(C)C(=CC[C@H]3[C@@H]4CC[C@H]([C@H](C)CCC(O)C(C)C)[C@@]4(C)CC[C@@H]32)C1.